The fourth-order valence-electron chi connectivity index (χ4n) is 3.34. The molecular weight excluding hydrogens is 320 g/mol. The minimum absolute atomic E-state index is 0.114. The lowest BCUT2D eigenvalue weighted by Crippen LogP contribution is -2.46. The third-order valence-electron chi connectivity index (χ3n) is 4.80. The number of anilines is 1. The molecule has 2 aromatic rings. The normalized spacial score (nSPS) is 22.4. The van der Waals surface area contributed by atoms with E-state index in [9.17, 15) is 4.79 Å². The summed E-state index contributed by atoms with van der Waals surface area (Å²) in [5, 5.41) is 8.07. The van der Waals surface area contributed by atoms with Crippen molar-refractivity contribution in [1.29, 1.82) is 0 Å². The van der Waals surface area contributed by atoms with Crippen LogP contribution in [0.1, 0.15) is 33.6 Å². The van der Waals surface area contributed by atoms with Crippen LogP contribution >= 0.6 is 0 Å². The molecule has 1 saturated carbocycles. The average Bonchev–Trinajstić information content (AvgIpc) is 3.31. The van der Waals surface area contributed by atoms with Crippen molar-refractivity contribution in [2.75, 3.05) is 31.6 Å². The minimum atomic E-state index is -0.239. The second kappa shape index (κ2) is 6.10. The molecule has 0 radical (unpaired) electrons. The average molecular weight is 346 g/mol. The second-order valence-corrected chi connectivity index (χ2v) is 7.98. The molecule has 0 bridgehead atoms. The molecule has 2 aliphatic rings. The van der Waals surface area contributed by atoms with Gasteiger partial charge in [0.15, 0.2) is 5.65 Å². The highest BCUT2D eigenvalue weighted by atomic mass is 16.5. The number of hydrogen-bond acceptors (Lipinski definition) is 6. The standard InChI is InChI=1S/C17H26N6O2/c1-17(2,3)23-14-13(9-19-23)15(24)21-16(20-14)18-8-12-10-22(6-7-25-12)11-4-5-11/h9,11-12H,4-8,10H2,1-3H3,(H2,18,20,21,24). The third-order valence-corrected chi connectivity index (χ3v) is 4.80. The molecule has 1 atom stereocenters. The van der Waals surface area contributed by atoms with E-state index in [0.717, 1.165) is 25.7 Å². The first-order valence-corrected chi connectivity index (χ1v) is 9.00. The molecule has 2 N–H and O–H groups in total. The number of fused-ring (bicyclic) bond motifs is 1. The highest BCUT2D eigenvalue weighted by Crippen LogP contribution is 2.28. The van der Waals surface area contributed by atoms with Gasteiger partial charge in [-0.05, 0) is 33.6 Å². The van der Waals surface area contributed by atoms with Gasteiger partial charge in [-0.25, -0.2) is 4.68 Å². The molecule has 8 heteroatoms. The van der Waals surface area contributed by atoms with E-state index in [2.05, 4.69) is 25.3 Å². The molecular formula is C17H26N6O2. The molecule has 1 aliphatic heterocycles. The van der Waals surface area contributed by atoms with Gasteiger partial charge in [-0.3, -0.25) is 14.7 Å². The van der Waals surface area contributed by atoms with Gasteiger partial charge >= 0.3 is 0 Å². The fourth-order valence-corrected chi connectivity index (χ4v) is 3.34. The van der Waals surface area contributed by atoms with Gasteiger partial charge in [0, 0.05) is 25.7 Å². The molecule has 0 spiro atoms. The quantitative estimate of drug-likeness (QED) is 0.863. The van der Waals surface area contributed by atoms with E-state index in [4.69, 9.17) is 4.74 Å². The van der Waals surface area contributed by atoms with Crippen molar-refractivity contribution in [2.24, 2.45) is 0 Å². The largest absolute Gasteiger partial charge is 0.374 e. The summed E-state index contributed by atoms with van der Waals surface area (Å²) in [5.74, 6) is 0.468. The number of ether oxygens (including phenoxy) is 1. The highest BCUT2D eigenvalue weighted by molar-refractivity contribution is 5.74. The molecule has 1 aliphatic carbocycles. The summed E-state index contributed by atoms with van der Waals surface area (Å²) in [6, 6.07) is 0.752. The first-order valence-electron chi connectivity index (χ1n) is 9.00. The lowest BCUT2D eigenvalue weighted by Gasteiger charge is -2.33. The van der Waals surface area contributed by atoms with E-state index in [1.807, 2.05) is 20.8 Å². The monoisotopic (exact) mass is 346 g/mol. The Hall–Kier alpha value is -1.93. The van der Waals surface area contributed by atoms with Crippen LogP contribution in [-0.4, -0.2) is 63.0 Å². The Morgan fingerprint density at radius 2 is 2.20 bits per heavy atom. The van der Waals surface area contributed by atoms with Crippen LogP contribution in [0, 0.1) is 0 Å². The highest BCUT2D eigenvalue weighted by Gasteiger charge is 2.32. The van der Waals surface area contributed by atoms with Gasteiger partial charge in [0.25, 0.3) is 5.56 Å². The summed E-state index contributed by atoms with van der Waals surface area (Å²) in [7, 11) is 0. The fraction of sp³-hybridized carbons (Fsp3) is 0.706. The molecule has 1 saturated heterocycles. The molecule has 4 rings (SSSR count). The van der Waals surface area contributed by atoms with Gasteiger partial charge in [0.1, 0.15) is 5.39 Å². The van der Waals surface area contributed by atoms with Gasteiger partial charge in [0.2, 0.25) is 5.95 Å². The predicted octanol–water partition coefficient (Wildman–Crippen LogP) is 1.15. The number of morpholine rings is 1. The Morgan fingerprint density at radius 3 is 2.92 bits per heavy atom. The third kappa shape index (κ3) is 3.41. The zero-order chi connectivity index (χ0) is 17.6. The zero-order valence-corrected chi connectivity index (χ0v) is 15.1. The number of nitrogens with one attached hydrogen (secondary N) is 2. The Labute approximate surface area is 146 Å². The summed E-state index contributed by atoms with van der Waals surface area (Å²) < 4.78 is 7.63. The predicted molar refractivity (Wildman–Crippen MR) is 96.0 cm³/mol. The lowest BCUT2D eigenvalue weighted by atomic mass is 10.1. The van der Waals surface area contributed by atoms with Gasteiger partial charge < -0.3 is 10.1 Å². The Balaban J connectivity index is 1.50. The smallest absolute Gasteiger partial charge is 0.263 e. The van der Waals surface area contributed by atoms with E-state index >= 15 is 0 Å². The van der Waals surface area contributed by atoms with Gasteiger partial charge in [-0.1, -0.05) is 0 Å². The van der Waals surface area contributed by atoms with Crippen molar-refractivity contribution in [2.45, 2.75) is 51.3 Å². The van der Waals surface area contributed by atoms with Crippen LogP contribution in [0.25, 0.3) is 11.0 Å². The first-order chi connectivity index (χ1) is 11.9. The van der Waals surface area contributed by atoms with Gasteiger partial charge in [0.05, 0.1) is 24.4 Å². The van der Waals surface area contributed by atoms with Crippen LogP contribution in [0.15, 0.2) is 11.0 Å². The van der Waals surface area contributed by atoms with E-state index in [-0.39, 0.29) is 17.2 Å². The Kier molecular flexibility index (Phi) is 4.04. The maximum absolute atomic E-state index is 12.3. The second-order valence-electron chi connectivity index (χ2n) is 7.98. The summed E-state index contributed by atoms with van der Waals surface area (Å²) in [6.45, 7) is 9.47. The van der Waals surface area contributed by atoms with Crippen molar-refractivity contribution in [3.8, 4) is 0 Å². The summed E-state index contributed by atoms with van der Waals surface area (Å²) >= 11 is 0. The number of nitrogens with zero attached hydrogens (tertiary/aromatic N) is 4. The van der Waals surface area contributed by atoms with Crippen LogP contribution in [0.3, 0.4) is 0 Å². The molecule has 1 unspecified atom stereocenters. The van der Waals surface area contributed by atoms with E-state index in [0.29, 0.717) is 23.5 Å². The maximum atomic E-state index is 12.3. The van der Waals surface area contributed by atoms with E-state index < -0.39 is 0 Å². The van der Waals surface area contributed by atoms with E-state index in [1.54, 1.807) is 10.9 Å². The first kappa shape index (κ1) is 16.5. The van der Waals surface area contributed by atoms with Crippen molar-refractivity contribution >= 4 is 17.0 Å². The van der Waals surface area contributed by atoms with Crippen LogP contribution in [0.5, 0.6) is 0 Å². The van der Waals surface area contributed by atoms with Crippen molar-refractivity contribution in [3.63, 3.8) is 0 Å². The molecule has 3 heterocycles. The SMILES string of the molecule is CC(C)(C)n1ncc2c(=O)[nH]c(NCC3CN(C4CC4)CCO3)nc21. The number of rotatable bonds is 4. The number of aromatic nitrogens is 4. The zero-order valence-electron chi connectivity index (χ0n) is 15.1. The van der Waals surface area contributed by atoms with Crippen LogP contribution in [-0.2, 0) is 10.3 Å². The van der Waals surface area contributed by atoms with Crippen LogP contribution < -0.4 is 10.9 Å². The molecule has 8 nitrogen and oxygen atoms in total. The van der Waals surface area contributed by atoms with Crippen LogP contribution in [0.2, 0.25) is 0 Å². The van der Waals surface area contributed by atoms with Gasteiger partial charge in [-0.2, -0.15) is 10.1 Å². The van der Waals surface area contributed by atoms with Crippen LogP contribution in [0.4, 0.5) is 5.95 Å². The van der Waals surface area contributed by atoms with E-state index in [1.165, 1.54) is 12.8 Å². The minimum Gasteiger partial charge on any atom is -0.374 e. The molecule has 2 fully saturated rings. The molecule has 136 valence electrons. The maximum Gasteiger partial charge on any atom is 0.263 e. The molecule has 0 aromatic carbocycles. The summed E-state index contributed by atoms with van der Waals surface area (Å²) in [6.07, 6.45) is 4.31. The van der Waals surface area contributed by atoms with Crippen molar-refractivity contribution in [1.82, 2.24) is 24.6 Å². The van der Waals surface area contributed by atoms with Gasteiger partial charge in [-0.15, -0.1) is 0 Å². The number of hydrogen-bond donors (Lipinski definition) is 2. The lowest BCUT2D eigenvalue weighted by molar-refractivity contribution is -0.0242. The van der Waals surface area contributed by atoms with Crippen molar-refractivity contribution < 1.29 is 4.74 Å². The summed E-state index contributed by atoms with van der Waals surface area (Å²) in [4.78, 5) is 22.2. The summed E-state index contributed by atoms with van der Waals surface area (Å²) in [5.41, 5.74) is 0.187. The molecule has 0 amide bonds. The molecule has 25 heavy (non-hydrogen) atoms. The topological polar surface area (TPSA) is 88.1 Å². The van der Waals surface area contributed by atoms with Crippen molar-refractivity contribution in [3.05, 3.63) is 16.6 Å². The molecule has 2 aromatic heterocycles. The Bertz CT molecular complexity index is 817. The number of H-pyrrole nitrogens is 1. The number of aromatic amines is 1. The Morgan fingerprint density at radius 1 is 1.40 bits per heavy atom.